The SMILES string of the molecule is Cc1ccc(S(=O)(=O)Nc2ccc(C(=O)Nc3ccc(-n4ccnc4)cc3)cc2)cc1C. The van der Waals surface area contributed by atoms with Gasteiger partial charge in [0, 0.05) is 35.0 Å². The number of anilines is 2. The molecule has 0 unspecified atom stereocenters. The topological polar surface area (TPSA) is 93.1 Å². The highest BCUT2D eigenvalue weighted by atomic mass is 32.2. The summed E-state index contributed by atoms with van der Waals surface area (Å²) in [5, 5.41) is 2.83. The average molecular weight is 447 g/mol. The lowest BCUT2D eigenvalue weighted by Crippen LogP contribution is -2.14. The van der Waals surface area contributed by atoms with E-state index in [1.807, 2.05) is 36.7 Å². The lowest BCUT2D eigenvalue weighted by Gasteiger charge is -2.11. The Morgan fingerprint density at radius 3 is 2.19 bits per heavy atom. The number of aromatic nitrogens is 2. The van der Waals surface area contributed by atoms with Crippen molar-refractivity contribution in [1.82, 2.24) is 9.55 Å². The second-order valence-corrected chi connectivity index (χ2v) is 9.08. The highest BCUT2D eigenvalue weighted by Crippen LogP contribution is 2.20. The second-order valence-electron chi connectivity index (χ2n) is 7.40. The number of sulfonamides is 1. The molecular formula is C24H22N4O3S. The van der Waals surface area contributed by atoms with E-state index in [2.05, 4.69) is 15.0 Å². The van der Waals surface area contributed by atoms with E-state index in [0.717, 1.165) is 16.8 Å². The number of carbonyl (C=O) groups excluding carboxylic acids is 1. The lowest BCUT2D eigenvalue weighted by atomic mass is 10.1. The number of rotatable bonds is 6. The molecule has 7 nitrogen and oxygen atoms in total. The zero-order valence-corrected chi connectivity index (χ0v) is 18.4. The van der Waals surface area contributed by atoms with Crippen LogP contribution in [0.15, 0.2) is 90.3 Å². The first-order chi connectivity index (χ1) is 15.3. The van der Waals surface area contributed by atoms with Crippen LogP contribution in [-0.4, -0.2) is 23.9 Å². The van der Waals surface area contributed by atoms with Gasteiger partial charge in [-0.1, -0.05) is 6.07 Å². The van der Waals surface area contributed by atoms with Crippen molar-refractivity contribution < 1.29 is 13.2 Å². The number of carbonyl (C=O) groups is 1. The van der Waals surface area contributed by atoms with E-state index in [0.29, 0.717) is 16.9 Å². The van der Waals surface area contributed by atoms with Gasteiger partial charge in [-0.3, -0.25) is 9.52 Å². The summed E-state index contributed by atoms with van der Waals surface area (Å²) in [5.74, 6) is -0.288. The highest BCUT2D eigenvalue weighted by Gasteiger charge is 2.15. The van der Waals surface area contributed by atoms with Gasteiger partial charge in [-0.05, 0) is 85.6 Å². The standard InChI is InChI=1S/C24H22N4O3S/c1-17-3-12-23(15-18(17)2)32(30,31)27-21-6-4-19(5-7-21)24(29)26-20-8-10-22(11-9-20)28-14-13-25-16-28/h3-16,27H,1-2H3,(H,26,29). The third-order valence-electron chi connectivity index (χ3n) is 5.12. The van der Waals surface area contributed by atoms with Gasteiger partial charge >= 0.3 is 0 Å². The van der Waals surface area contributed by atoms with Crippen molar-refractivity contribution >= 4 is 27.3 Å². The maximum absolute atomic E-state index is 12.6. The molecule has 1 aromatic heterocycles. The van der Waals surface area contributed by atoms with Crippen molar-refractivity contribution in [2.24, 2.45) is 0 Å². The maximum atomic E-state index is 12.6. The van der Waals surface area contributed by atoms with Gasteiger partial charge in [0.25, 0.3) is 15.9 Å². The number of hydrogen-bond acceptors (Lipinski definition) is 4. The van der Waals surface area contributed by atoms with Gasteiger partial charge in [0.1, 0.15) is 0 Å². The van der Waals surface area contributed by atoms with Gasteiger partial charge in [0.2, 0.25) is 0 Å². The molecule has 8 heteroatoms. The summed E-state index contributed by atoms with van der Waals surface area (Å²) in [7, 11) is -3.71. The molecule has 0 radical (unpaired) electrons. The van der Waals surface area contributed by atoms with Gasteiger partial charge in [0.15, 0.2) is 0 Å². The number of amides is 1. The molecule has 0 aliphatic carbocycles. The van der Waals surface area contributed by atoms with E-state index in [4.69, 9.17) is 0 Å². The van der Waals surface area contributed by atoms with Crippen LogP contribution < -0.4 is 10.0 Å². The minimum absolute atomic E-state index is 0.196. The Kier molecular flexibility index (Phi) is 5.79. The van der Waals surface area contributed by atoms with Gasteiger partial charge in [-0.15, -0.1) is 0 Å². The molecule has 0 fully saturated rings. The smallest absolute Gasteiger partial charge is 0.261 e. The van der Waals surface area contributed by atoms with Crippen LogP contribution in [0.4, 0.5) is 11.4 Å². The highest BCUT2D eigenvalue weighted by molar-refractivity contribution is 7.92. The number of aryl methyl sites for hydroxylation is 2. The van der Waals surface area contributed by atoms with Gasteiger partial charge < -0.3 is 9.88 Å². The molecule has 162 valence electrons. The van der Waals surface area contributed by atoms with Crippen LogP contribution in [-0.2, 0) is 10.0 Å². The molecular weight excluding hydrogens is 424 g/mol. The van der Waals surface area contributed by atoms with Crippen molar-refractivity contribution in [3.63, 3.8) is 0 Å². The van der Waals surface area contributed by atoms with Crippen molar-refractivity contribution in [1.29, 1.82) is 0 Å². The molecule has 32 heavy (non-hydrogen) atoms. The largest absolute Gasteiger partial charge is 0.322 e. The summed E-state index contributed by atoms with van der Waals surface area (Å²) in [6.07, 6.45) is 5.23. The van der Waals surface area contributed by atoms with Crippen LogP contribution in [0.5, 0.6) is 0 Å². The van der Waals surface area contributed by atoms with Crippen LogP contribution in [0.2, 0.25) is 0 Å². The van der Waals surface area contributed by atoms with Crippen LogP contribution in [0, 0.1) is 13.8 Å². The number of hydrogen-bond donors (Lipinski definition) is 2. The Morgan fingerprint density at radius 1 is 0.875 bits per heavy atom. The molecule has 4 aromatic rings. The third kappa shape index (κ3) is 4.70. The molecule has 4 rings (SSSR count). The van der Waals surface area contributed by atoms with Crippen molar-refractivity contribution in [2.75, 3.05) is 10.0 Å². The molecule has 2 N–H and O–H groups in total. The predicted octanol–water partition coefficient (Wildman–Crippen LogP) is 4.54. The van der Waals surface area contributed by atoms with E-state index < -0.39 is 10.0 Å². The Balaban J connectivity index is 1.42. The van der Waals surface area contributed by atoms with Crippen molar-refractivity contribution in [3.8, 4) is 5.69 Å². The Morgan fingerprint density at radius 2 is 1.56 bits per heavy atom. The second kappa shape index (κ2) is 8.68. The third-order valence-corrected chi connectivity index (χ3v) is 6.49. The molecule has 0 saturated carbocycles. The van der Waals surface area contributed by atoms with Crippen LogP contribution >= 0.6 is 0 Å². The number of imidazole rings is 1. The molecule has 3 aromatic carbocycles. The monoisotopic (exact) mass is 446 g/mol. The molecule has 0 aliphatic heterocycles. The number of nitrogens with one attached hydrogen (secondary N) is 2. The Labute approximate surface area is 186 Å². The predicted molar refractivity (Wildman–Crippen MR) is 125 cm³/mol. The number of nitrogens with zero attached hydrogens (tertiary/aromatic N) is 2. The Bertz CT molecular complexity index is 1350. The zero-order valence-electron chi connectivity index (χ0n) is 17.6. The van der Waals surface area contributed by atoms with Crippen LogP contribution in [0.25, 0.3) is 5.69 Å². The van der Waals surface area contributed by atoms with E-state index in [9.17, 15) is 13.2 Å². The van der Waals surface area contributed by atoms with Crippen molar-refractivity contribution in [3.05, 3.63) is 102 Å². The molecule has 0 saturated heterocycles. The van der Waals surface area contributed by atoms with Crippen LogP contribution in [0.1, 0.15) is 21.5 Å². The summed E-state index contributed by atoms with van der Waals surface area (Å²) < 4.78 is 29.7. The first-order valence-corrected chi connectivity index (χ1v) is 11.4. The minimum Gasteiger partial charge on any atom is -0.322 e. The zero-order chi connectivity index (χ0) is 22.7. The van der Waals surface area contributed by atoms with Crippen LogP contribution in [0.3, 0.4) is 0 Å². The quantitative estimate of drug-likeness (QED) is 0.455. The van der Waals surface area contributed by atoms with Gasteiger partial charge in [0.05, 0.1) is 11.2 Å². The summed E-state index contributed by atoms with van der Waals surface area (Å²) in [5.41, 5.74) is 4.30. The van der Waals surface area contributed by atoms with Gasteiger partial charge in [-0.2, -0.15) is 0 Å². The summed E-state index contributed by atoms with van der Waals surface area (Å²) >= 11 is 0. The number of benzene rings is 3. The van der Waals surface area contributed by atoms with Crippen molar-refractivity contribution in [2.45, 2.75) is 18.7 Å². The molecule has 0 atom stereocenters. The lowest BCUT2D eigenvalue weighted by molar-refractivity contribution is 0.102. The van der Waals surface area contributed by atoms with E-state index in [-0.39, 0.29) is 10.8 Å². The summed E-state index contributed by atoms with van der Waals surface area (Å²) in [6.45, 7) is 3.80. The van der Waals surface area contributed by atoms with E-state index in [1.54, 1.807) is 67.1 Å². The molecule has 0 aliphatic rings. The Hall–Kier alpha value is -3.91. The molecule has 0 bridgehead atoms. The fourth-order valence-corrected chi connectivity index (χ4v) is 4.26. The van der Waals surface area contributed by atoms with E-state index >= 15 is 0 Å². The van der Waals surface area contributed by atoms with Gasteiger partial charge in [-0.25, -0.2) is 13.4 Å². The molecule has 1 amide bonds. The molecule has 0 spiro atoms. The first-order valence-electron chi connectivity index (χ1n) is 9.92. The normalized spacial score (nSPS) is 11.2. The summed E-state index contributed by atoms with van der Waals surface area (Å²) in [4.78, 5) is 16.8. The maximum Gasteiger partial charge on any atom is 0.261 e. The van der Waals surface area contributed by atoms with E-state index in [1.165, 1.54) is 0 Å². The fourth-order valence-electron chi connectivity index (χ4n) is 3.12. The summed E-state index contributed by atoms with van der Waals surface area (Å²) in [6, 6.07) is 18.6. The average Bonchev–Trinajstić information content (AvgIpc) is 3.31. The first kappa shape index (κ1) is 21.3. The molecule has 1 heterocycles. The fraction of sp³-hybridized carbons (Fsp3) is 0.0833. The minimum atomic E-state index is -3.71.